The number of anilines is 2. The molecule has 0 aliphatic rings. The third kappa shape index (κ3) is 3.21. The number of halogens is 1. The van der Waals surface area contributed by atoms with Gasteiger partial charge in [0.25, 0.3) is 0 Å². The second kappa shape index (κ2) is 5.98. The molecule has 2 nitrogen and oxygen atoms in total. The Bertz CT molecular complexity index is 538. The molecule has 0 bridgehead atoms. The van der Waals surface area contributed by atoms with Gasteiger partial charge < -0.3 is 10.2 Å². The van der Waals surface area contributed by atoms with Crippen LogP contribution in [0.2, 0.25) is 5.02 Å². The zero-order valence-corrected chi connectivity index (χ0v) is 12.3. The van der Waals surface area contributed by atoms with Gasteiger partial charge >= 0.3 is 0 Å². The van der Waals surface area contributed by atoms with E-state index < -0.39 is 0 Å². The van der Waals surface area contributed by atoms with Crippen LogP contribution in [0.25, 0.3) is 0 Å². The Hall–Kier alpha value is -1.67. The van der Waals surface area contributed by atoms with Gasteiger partial charge in [-0.1, -0.05) is 48.0 Å². The van der Waals surface area contributed by atoms with Gasteiger partial charge in [-0.05, 0) is 24.6 Å². The molecule has 0 saturated heterocycles. The summed E-state index contributed by atoms with van der Waals surface area (Å²) in [5.74, 6) is 0. The van der Waals surface area contributed by atoms with Crippen molar-refractivity contribution in [3.05, 3.63) is 59.1 Å². The molecule has 0 amide bonds. The molecule has 2 rings (SSSR count). The highest BCUT2D eigenvalue weighted by Gasteiger charge is 2.12. The Labute approximate surface area is 120 Å². The molecule has 100 valence electrons. The Balaban J connectivity index is 2.27. The average molecular weight is 275 g/mol. The molecule has 0 spiro atoms. The summed E-state index contributed by atoms with van der Waals surface area (Å²) in [6.45, 7) is 2.15. The normalized spacial score (nSPS) is 12.0. The number of nitrogens with one attached hydrogen (secondary N) is 1. The lowest BCUT2D eigenvalue weighted by atomic mass is 10.1. The maximum atomic E-state index is 6.27. The molecule has 1 unspecified atom stereocenters. The van der Waals surface area contributed by atoms with E-state index in [-0.39, 0.29) is 6.04 Å². The molecule has 1 N–H and O–H groups in total. The minimum absolute atomic E-state index is 0.235. The zero-order valence-electron chi connectivity index (χ0n) is 11.5. The molecule has 0 aromatic heterocycles. The highest BCUT2D eigenvalue weighted by molar-refractivity contribution is 6.34. The molecule has 0 heterocycles. The van der Waals surface area contributed by atoms with E-state index in [0.29, 0.717) is 0 Å². The number of nitrogens with zero attached hydrogens (tertiary/aromatic N) is 1. The fraction of sp³-hybridized carbons (Fsp3) is 0.250. The average Bonchev–Trinajstić information content (AvgIpc) is 2.39. The van der Waals surface area contributed by atoms with Gasteiger partial charge in [0.1, 0.15) is 0 Å². The van der Waals surface area contributed by atoms with E-state index in [1.54, 1.807) is 0 Å². The quantitative estimate of drug-likeness (QED) is 0.878. The first-order valence-corrected chi connectivity index (χ1v) is 6.74. The number of hydrogen-bond acceptors (Lipinski definition) is 2. The predicted octanol–water partition coefficient (Wildman–Crippen LogP) is 4.58. The van der Waals surface area contributed by atoms with Crippen molar-refractivity contribution >= 4 is 23.0 Å². The van der Waals surface area contributed by atoms with Crippen LogP contribution in [0.1, 0.15) is 18.5 Å². The summed E-state index contributed by atoms with van der Waals surface area (Å²) in [4.78, 5) is 2.03. The SMILES string of the molecule is CC(Nc1cccc(Cl)c1N(C)C)c1ccccc1. The topological polar surface area (TPSA) is 15.3 Å². The van der Waals surface area contributed by atoms with Crippen molar-refractivity contribution in [2.45, 2.75) is 13.0 Å². The number of hydrogen-bond donors (Lipinski definition) is 1. The van der Waals surface area contributed by atoms with Crippen LogP contribution in [0.3, 0.4) is 0 Å². The van der Waals surface area contributed by atoms with Crippen molar-refractivity contribution in [2.75, 3.05) is 24.3 Å². The molecule has 0 aliphatic heterocycles. The molecule has 0 radical (unpaired) electrons. The summed E-state index contributed by atoms with van der Waals surface area (Å²) >= 11 is 6.27. The van der Waals surface area contributed by atoms with Crippen LogP contribution < -0.4 is 10.2 Å². The van der Waals surface area contributed by atoms with E-state index in [1.165, 1.54) is 5.56 Å². The van der Waals surface area contributed by atoms with E-state index in [1.807, 2.05) is 37.2 Å². The van der Waals surface area contributed by atoms with Crippen LogP contribution in [0.15, 0.2) is 48.5 Å². The van der Waals surface area contributed by atoms with E-state index in [9.17, 15) is 0 Å². The highest BCUT2D eigenvalue weighted by atomic mass is 35.5. The smallest absolute Gasteiger partial charge is 0.0786 e. The lowest BCUT2D eigenvalue weighted by molar-refractivity contribution is 0.883. The van der Waals surface area contributed by atoms with Gasteiger partial charge in [0, 0.05) is 20.1 Å². The maximum Gasteiger partial charge on any atom is 0.0786 e. The van der Waals surface area contributed by atoms with Crippen molar-refractivity contribution in [1.82, 2.24) is 0 Å². The standard InChI is InChI=1S/C16H19ClN2/c1-12(13-8-5-4-6-9-13)18-15-11-7-10-14(17)16(15)19(2)3/h4-12,18H,1-3H3. The first kappa shape index (κ1) is 13.8. The fourth-order valence-corrected chi connectivity index (χ4v) is 2.49. The summed E-state index contributed by atoms with van der Waals surface area (Å²) in [6, 6.07) is 16.6. The highest BCUT2D eigenvalue weighted by Crippen LogP contribution is 2.34. The van der Waals surface area contributed by atoms with Crippen molar-refractivity contribution in [1.29, 1.82) is 0 Å². The van der Waals surface area contributed by atoms with E-state index in [2.05, 4.69) is 42.6 Å². The summed E-state index contributed by atoms with van der Waals surface area (Å²) < 4.78 is 0. The molecule has 2 aromatic rings. The second-order valence-electron chi connectivity index (χ2n) is 4.81. The van der Waals surface area contributed by atoms with Gasteiger partial charge in [-0.3, -0.25) is 0 Å². The van der Waals surface area contributed by atoms with Gasteiger partial charge in [-0.25, -0.2) is 0 Å². The largest absolute Gasteiger partial charge is 0.377 e. The lowest BCUT2D eigenvalue weighted by Gasteiger charge is -2.23. The van der Waals surface area contributed by atoms with Gasteiger partial charge in [0.15, 0.2) is 0 Å². The molecule has 0 saturated carbocycles. The van der Waals surface area contributed by atoms with E-state index in [4.69, 9.17) is 11.6 Å². The van der Waals surface area contributed by atoms with Crippen molar-refractivity contribution in [3.63, 3.8) is 0 Å². The number of para-hydroxylation sites is 1. The Kier molecular flexibility index (Phi) is 4.33. The third-order valence-electron chi connectivity index (χ3n) is 3.11. The van der Waals surface area contributed by atoms with Crippen LogP contribution in [-0.4, -0.2) is 14.1 Å². The summed E-state index contributed by atoms with van der Waals surface area (Å²) in [6.07, 6.45) is 0. The second-order valence-corrected chi connectivity index (χ2v) is 5.21. The van der Waals surface area contributed by atoms with Crippen LogP contribution >= 0.6 is 11.6 Å². The van der Waals surface area contributed by atoms with Gasteiger partial charge in [0.05, 0.1) is 16.4 Å². The number of benzene rings is 2. The Morgan fingerprint density at radius 2 is 1.68 bits per heavy atom. The van der Waals surface area contributed by atoms with Crippen LogP contribution in [0, 0.1) is 0 Å². The minimum atomic E-state index is 0.235. The molecular weight excluding hydrogens is 256 g/mol. The van der Waals surface area contributed by atoms with Gasteiger partial charge in [-0.15, -0.1) is 0 Å². The zero-order chi connectivity index (χ0) is 13.8. The van der Waals surface area contributed by atoms with Crippen LogP contribution in [0.5, 0.6) is 0 Å². The molecule has 2 aromatic carbocycles. The summed E-state index contributed by atoms with van der Waals surface area (Å²) in [5, 5.41) is 4.28. The van der Waals surface area contributed by atoms with E-state index in [0.717, 1.165) is 16.4 Å². The fourth-order valence-electron chi connectivity index (χ4n) is 2.14. The first-order chi connectivity index (χ1) is 9.09. The Morgan fingerprint density at radius 1 is 1.00 bits per heavy atom. The molecule has 1 atom stereocenters. The maximum absolute atomic E-state index is 6.27. The van der Waals surface area contributed by atoms with Gasteiger partial charge in [0.2, 0.25) is 0 Å². The number of rotatable bonds is 4. The predicted molar refractivity (Wildman–Crippen MR) is 84.3 cm³/mol. The minimum Gasteiger partial charge on any atom is -0.377 e. The summed E-state index contributed by atoms with van der Waals surface area (Å²) in [7, 11) is 4.00. The molecule has 19 heavy (non-hydrogen) atoms. The van der Waals surface area contributed by atoms with Gasteiger partial charge in [-0.2, -0.15) is 0 Å². The molecular formula is C16H19ClN2. The van der Waals surface area contributed by atoms with Crippen molar-refractivity contribution in [2.24, 2.45) is 0 Å². The first-order valence-electron chi connectivity index (χ1n) is 6.37. The monoisotopic (exact) mass is 274 g/mol. The van der Waals surface area contributed by atoms with Crippen molar-refractivity contribution < 1.29 is 0 Å². The van der Waals surface area contributed by atoms with Crippen LogP contribution in [-0.2, 0) is 0 Å². The van der Waals surface area contributed by atoms with Crippen LogP contribution in [0.4, 0.5) is 11.4 Å². The molecule has 0 aliphatic carbocycles. The van der Waals surface area contributed by atoms with E-state index >= 15 is 0 Å². The van der Waals surface area contributed by atoms with Crippen molar-refractivity contribution in [3.8, 4) is 0 Å². The third-order valence-corrected chi connectivity index (χ3v) is 3.41. The lowest BCUT2D eigenvalue weighted by Crippen LogP contribution is -2.14. The Morgan fingerprint density at radius 3 is 2.32 bits per heavy atom. The molecule has 3 heteroatoms. The molecule has 0 fully saturated rings. The summed E-state index contributed by atoms with van der Waals surface area (Å²) in [5.41, 5.74) is 3.33.